The molecular weight excluding hydrogens is 304 g/mol. The van der Waals surface area contributed by atoms with Crippen LogP contribution in [0.5, 0.6) is 11.5 Å². The van der Waals surface area contributed by atoms with E-state index in [1.165, 1.54) is 0 Å². The smallest absolute Gasteiger partial charge is 0.161 e. The van der Waals surface area contributed by atoms with E-state index in [0.717, 1.165) is 11.0 Å². The van der Waals surface area contributed by atoms with Gasteiger partial charge in [-0.3, -0.25) is 4.79 Å². The molecule has 1 heterocycles. The second-order valence-corrected chi connectivity index (χ2v) is 5.61. The van der Waals surface area contributed by atoms with Crippen LogP contribution < -0.4 is 9.47 Å². The SMILES string of the molecule is COc1ccccc1OCc1nc2ccccc2n1C(C)C(C)=O. The molecule has 0 amide bonds. The van der Waals surface area contributed by atoms with Gasteiger partial charge in [-0.05, 0) is 38.1 Å². The van der Waals surface area contributed by atoms with Gasteiger partial charge in [0.2, 0.25) is 0 Å². The number of ether oxygens (including phenoxy) is 2. The number of hydrogen-bond donors (Lipinski definition) is 0. The Bertz CT molecular complexity index is 870. The number of carbonyl (C=O) groups is 1. The Kier molecular flexibility index (Phi) is 4.51. The summed E-state index contributed by atoms with van der Waals surface area (Å²) in [6.45, 7) is 3.72. The van der Waals surface area contributed by atoms with Crippen molar-refractivity contribution in [3.8, 4) is 11.5 Å². The van der Waals surface area contributed by atoms with Crippen molar-refractivity contribution in [3.05, 3.63) is 54.4 Å². The van der Waals surface area contributed by atoms with Crippen LogP contribution in [0.4, 0.5) is 0 Å². The van der Waals surface area contributed by atoms with Gasteiger partial charge in [-0.15, -0.1) is 0 Å². The number of para-hydroxylation sites is 4. The largest absolute Gasteiger partial charge is 0.493 e. The molecule has 0 fully saturated rings. The Hall–Kier alpha value is -2.82. The molecule has 0 bridgehead atoms. The minimum atomic E-state index is -0.298. The van der Waals surface area contributed by atoms with E-state index in [1.807, 2.05) is 60.0 Å². The summed E-state index contributed by atoms with van der Waals surface area (Å²) in [7, 11) is 1.61. The van der Waals surface area contributed by atoms with Gasteiger partial charge < -0.3 is 14.0 Å². The zero-order valence-electron chi connectivity index (χ0n) is 14.0. The van der Waals surface area contributed by atoms with E-state index in [-0.39, 0.29) is 18.4 Å². The van der Waals surface area contributed by atoms with Gasteiger partial charge in [0.15, 0.2) is 17.3 Å². The molecule has 1 unspecified atom stereocenters. The first-order chi connectivity index (χ1) is 11.6. The molecule has 1 atom stereocenters. The zero-order chi connectivity index (χ0) is 17.1. The molecule has 3 rings (SSSR count). The summed E-state index contributed by atoms with van der Waals surface area (Å²) in [5.41, 5.74) is 1.78. The second kappa shape index (κ2) is 6.74. The summed E-state index contributed by atoms with van der Waals surface area (Å²) in [6, 6.07) is 14.9. The summed E-state index contributed by atoms with van der Waals surface area (Å²) < 4.78 is 13.1. The van der Waals surface area contributed by atoms with Crippen molar-refractivity contribution < 1.29 is 14.3 Å². The molecule has 0 radical (unpaired) electrons. The molecule has 0 aliphatic heterocycles. The van der Waals surface area contributed by atoms with Crippen LogP contribution in [0, 0.1) is 0 Å². The minimum Gasteiger partial charge on any atom is -0.493 e. The van der Waals surface area contributed by atoms with Crippen molar-refractivity contribution in [2.45, 2.75) is 26.5 Å². The van der Waals surface area contributed by atoms with Gasteiger partial charge >= 0.3 is 0 Å². The highest BCUT2D eigenvalue weighted by Crippen LogP contribution is 2.28. The molecule has 2 aromatic carbocycles. The van der Waals surface area contributed by atoms with Gasteiger partial charge in [-0.25, -0.2) is 4.98 Å². The lowest BCUT2D eigenvalue weighted by atomic mass is 10.2. The quantitative estimate of drug-likeness (QED) is 0.692. The van der Waals surface area contributed by atoms with E-state index in [0.29, 0.717) is 17.3 Å². The standard InChI is InChI=1S/C19H20N2O3/c1-13(14(2)22)21-16-9-5-4-8-15(16)20-19(21)12-24-18-11-7-6-10-17(18)23-3/h4-11,13H,12H2,1-3H3. The van der Waals surface area contributed by atoms with Crippen LogP contribution in [0.3, 0.4) is 0 Å². The summed E-state index contributed by atoms with van der Waals surface area (Å²) in [6.07, 6.45) is 0. The van der Waals surface area contributed by atoms with E-state index in [2.05, 4.69) is 4.98 Å². The monoisotopic (exact) mass is 324 g/mol. The predicted molar refractivity (Wildman–Crippen MR) is 92.5 cm³/mol. The molecule has 0 spiro atoms. The molecule has 0 aliphatic rings. The van der Waals surface area contributed by atoms with E-state index in [1.54, 1.807) is 14.0 Å². The first-order valence-electron chi connectivity index (χ1n) is 7.84. The number of ketones is 1. The van der Waals surface area contributed by atoms with Crippen molar-refractivity contribution in [2.75, 3.05) is 7.11 Å². The Labute approximate surface area is 140 Å². The zero-order valence-corrected chi connectivity index (χ0v) is 14.0. The predicted octanol–water partition coefficient (Wildman–Crippen LogP) is 3.77. The number of Topliss-reactive ketones (excluding diaryl/α,β-unsaturated/α-hetero) is 1. The number of nitrogens with zero attached hydrogens (tertiary/aromatic N) is 2. The summed E-state index contributed by atoms with van der Waals surface area (Å²) >= 11 is 0. The number of carbonyl (C=O) groups excluding carboxylic acids is 1. The Balaban J connectivity index is 1.97. The van der Waals surface area contributed by atoms with Crippen LogP contribution in [-0.4, -0.2) is 22.4 Å². The number of benzene rings is 2. The maximum atomic E-state index is 11.9. The average molecular weight is 324 g/mol. The molecule has 0 aliphatic carbocycles. The van der Waals surface area contributed by atoms with Gasteiger partial charge in [0.05, 0.1) is 24.2 Å². The van der Waals surface area contributed by atoms with Crippen LogP contribution >= 0.6 is 0 Å². The third-order valence-corrected chi connectivity index (χ3v) is 4.07. The first-order valence-corrected chi connectivity index (χ1v) is 7.84. The highest BCUT2D eigenvalue weighted by molar-refractivity contribution is 5.83. The molecule has 24 heavy (non-hydrogen) atoms. The fourth-order valence-corrected chi connectivity index (χ4v) is 2.69. The van der Waals surface area contributed by atoms with Crippen LogP contribution in [0.25, 0.3) is 11.0 Å². The second-order valence-electron chi connectivity index (χ2n) is 5.61. The highest BCUT2D eigenvalue weighted by atomic mass is 16.5. The molecule has 3 aromatic rings. The first kappa shape index (κ1) is 16.1. The van der Waals surface area contributed by atoms with Gasteiger partial charge in [0.25, 0.3) is 0 Å². The van der Waals surface area contributed by atoms with E-state index in [4.69, 9.17) is 9.47 Å². The molecule has 1 aromatic heterocycles. The Morgan fingerprint density at radius 2 is 1.79 bits per heavy atom. The van der Waals surface area contributed by atoms with E-state index in [9.17, 15) is 4.79 Å². The fraction of sp³-hybridized carbons (Fsp3) is 0.263. The lowest BCUT2D eigenvalue weighted by Gasteiger charge is -2.16. The molecular formula is C19H20N2O3. The summed E-state index contributed by atoms with van der Waals surface area (Å²) in [5.74, 6) is 2.11. The topological polar surface area (TPSA) is 53.4 Å². The maximum absolute atomic E-state index is 11.9. The number of hydrogen-bond acceptors (Lipinski definition) is 4. The van der Waals surface area contributed by atoms with Crippen molar-refractivity contribution in [1.82, 2.24) is 9.55 Å². The molecule has 124 valence electrons. The molecule has 5 nitrogen and oxygen atoms in total. The number of imidazole rings is 1. The van der Waals surface area contributed by atoms with Gasteiger partial charge in [0, 0.05) is 0 Å². The minimum absolute atomic E-state index is 0.0803. The number of rotatable bonds is 6. The van der Waals surface area contributed by atoms with Gasteiger partial charge in [0.1, 0.15) is 12.4 Å². The third kappa shape index (κ3) is 2.97. The van der Waals surface area contributed by atoms with Crippen LogP contribution in [-0.2, 0) is 11.4 Å². The fourth-order valence-electron chi connectivity index (χ4n) is 2.69. The molecule has 0 saturated carbocycles. The lowest BCUT2D eigenvalue weighted by Crippen LogP contribution is -2.17. The van der Waals surface area contributed by atoms with Gasteiger partial charge in [-0.1, -0.05) is 24.3 Å². The highest BCUT2D eigenvalue weighted by Gasteiger charge is 2.19. The van der Waals surface area contributed by atoms with Crippen molar-refractivity contribution in [2.24, 2.45) is 0 Å². The van der Waals surface area contributed by atoms with Crippen LogP contribution in [0.2, 0.25) is 0 Å². The average Bonchev–Trinajstić information content (AvgIpc) is 2.97. The van der Waals surface area contributed by atoms with Crippen LogP contribution in [0.15, 0.2) is 48.5 Å². The Morgan fingerprint density at radius 1 is 1.12 bits per heavy atom. The third-order valence-electron chi connectivity index (χ3n) is 4.07. The Morgan fingerprint density at radius 3 is 2.50 bits per heavy atom. The number of methoxy groups -OCH3 is 1. The van der Waals surface area contributed by atoms with E-state index >= 15 is 0 Å². The lowest BCUT2D eigenvalue weighted by molar-refractivity contribution is -0.119. The maximum Gasteiger partial charge on any atom is 0.161 e. The molecule has 0 N–H and O–H groups in total. The van der Waals surface area contributed by atoms with Crippen molar-refractivity contribution >= 4 is 16.8 Å². The van der Waals surface area contributed by atoms with Crippen LogP contribution in [0.1, 0.15) is 25.7 Å². The summed E-state index contributed by atoms with van der Waals surface area (Å²) in [4.78, 5) is 16.5. The molecule has 5 heteroatoms. The van der Waals surface area contributed by atoms with E-state index < -0.39 is 0 Å². The number of fused-ring (bicyclic) bond motifs is 1. The number of aromatic nitrogens is 2. The van der Waals surface area contributed by atoms with Gasteiger partial charge in [-0.2, -0.15) is 0 Å². The molecule has 0 saturated heterocycles. The normalized spacial score (nSPS) is 12.1. The van der Waals surface area contributed by atoms with Crippen molar-refractivity contribution in [3.63, 3.8) is 0 Å². The van der Waals surface area contributed by atoms with Crippen molar-refractivity contribution in [1.29, 1.82) is 0 Å². The summed E-state index contributed by atoms with van der Waals surface area (Å²) in [5, 5.41) is 0.